The second-order valence-electron chi connectivity index (χ2n) is 3.85. The van der Waals surface area contributed by atoms with Gasteiger partial charge in [0.15, 0.2) is 0 Å². The van der Waals surface area contributed by atoms with Crippen LogP contribution in [0.1, 0.15) is 15.9 Å². The number of amides is 1. The Bertz CT molecular complexity index is 629. The number of hydrogen-bond donors (Lipinski definition) is 2. The lowest BCUT2D eigenvalue weighted by atomic mass is 10.2. The number of anilines is 1. The van der Waals surface area contributed by atoms with Crippen LogP contribution in [-0.2, 0) is 0 Å². The third-order valence-corrected chi connectivity index (χ3v) is 2.99. The Balaban J connectivity index is 2.23. The molecule has 1 amide bonds. The van der Waals surface area contributed by atoms with Gasteiger partial charge in [0.05, 0.1) is 5.56 Å². The van der Waals surface area contributed by atoms with E-state index in [-0.39, 0.29) is 11.5 Å². The molecule has 0 aliphatic rings. The van der Waals surface area contributed by atoms with E-state index < -0.39 is 0 Å². The molecule has 0 spiro atoms. The number of carbonyl (C=O) groups excluding carboxylic acids is 1. The summed E-state index contributed by atoms with van der Waals surface area (Å²) in [6, 6.07) is 8.46. The lowest BCUT2D eigenvalue weighted by Gasteiger charge is -2.08. The van der Waals surface area contributed by atoms with Crippen LogP contribution in [0.2, 0.25) is 0 Å². The molecule has 18 heavy (non-hydrogen) atoms. The Morgan fingerprint density at radius 3 is 2.72 bits per heavy atom. The van der Waals surface area contributed by atoms with Crippen molar-refractivity contribution in [1.29, 1.82) is 0 Å². The van der Waals surface area contributed by atoms with E-state index >= 15 is 0 Å². The van der Waals surface area contributed by atoms with Crippen molar-refractivity contribution in [3.05, 3.63) is 62.5 Å². The molecule has 5 heteroatoms. The van der Waals surface area contributed by atoms with Gasteiger partial charge in [0, 0.05) is 22.4 Å². The Morgan fingerprint density at radius 1 is 1.28 bits per heavy atom. The molecule has 0 saturated carbocycles. The molecule has 2 aromatic rings. The smallest absolute Gasteiger partial charge is 0.257 e. The average Bonchev–Trinajstić information content (AvgIpc) is 2.34. The molecule has 0 saturated heterocycles. The minimum Gasteiger partial charge on any atom is -0.328 e. The van der Waals surface area contributed by atoms with Crippen molar-refractivity contribution in [2.24, 2.45) is 0 Å². The van der Waals surface area contributed by atoms with Crippen LogP contribution in [0.25, 0.3) is 0 Å². The van der Waals surface area contributed by atoms with E-state index in [1.807, 2.05) is 25.1 Å². The predicted octanol–water partition coefficient (Wildman–Crippen LogP) is 2.70. The summed E-state index contributed by atoms with van der Waals surface area (Å²) in [5.41, 5.74) is 1.88. The van der Waals surface area contributed by atoms with E-state index in [0.29, 0.717) is 5.56 Å². The Labute approximate surface area is 112 Å². The minimum atomic E-state index is -0.257. The van der Waals surface area contributed by atoms with Gasteiger partial charge in [-0.1, -0.05) is 22.0 Å². The number of H-pyrrole nitrogens is 1. The normalized spacial score (nSPS) is 10.1. The fraction of sp³-hybridized carbons (Fsp3) is 0.0769. The standard InChI is InChI=1S/C13H11BrN2O2/c1-8-2-4-10(14)6-11(8)16-13(18)9-3-5-12(17)15-7-9/h2-7H,1H3,(H,15,17)(H,16,18). The van der Waals surface area contributed by atoms with E-state index in [9.17, 15) is 9.59 Å². The SMILES string of the molecule is Cc1ccc(Br)cc1NC(=O)c1ccc(=O)[nH]c1. The molecular formula is C13H11BrN2O2. The summed E-state index contributed by atoms with van der Waals surface area (Å²) < 4.78 is 0.893. The Kier molecular flexibility index (Phi) is 3.62. The van der Waals surface area contributed by atoms with Crippen molar-refractivity contribution in [2.45, 2.75) is 6.92 Å². The molecule has 0 unspecified atom stereocenters. The van der Waals surface area contributed by atoms with Gasteiger partial charge in [-0.2, -0.15) is 0 Å². The van der Waals surface area contributed by atoms with Crippen LogP contribution < -0.4 is 10.9 Å². The highest BCUT2D eigenvalue weighted by Crippen LogP contribution is 2.21. The van der Waals surface area contributed by atoms with Crippen molar-refractivity contribution in [3.8, 4) is 0 Å². The molecule has 0 aliphatic heterocycles. The third kappa shape index (κ3) is 2.87. The fourth-order valence-corrected chi connectivity index (χ4v) is 1.84. The Morgan fingerprint density at radius 2 is 2.06 bits per heavy atom. The lowest BCUT2D eigenvalue weighted by Crippen LogP contribution is -2.15. The predicted molar refractivity (Wildman–Crippen MR) is 73.9 cm³/mol. The summed E-state index contributed by atoms with van der Waals surface area (Å²) in [7, 11) is 0. The molecule has 0 radical (unpaired) electrons. The van der Waals surface area contributed by atoms with Gasteiger partial charge in [0.2, 0.25) is 5.56 Å². The molecule has 0 bridgehead atoms. The van der Waals surface area contributed by atoms with Gasteiger partial charge in [-0.3, -0.25) is 9.59 Å². The zero-order valence-electron chi connectivity index (χ0n) is 9.66. The number of rotatable bonds is 2. The van der Waals surface area contributed by atoms with Crippen LogP contribution >= 0.6 is 15.9 Å². The van der Waals surface area contributed by atoms with Crippen LogP contribution in [0.15, 0.2) is 45.8 Å². The number of pyridine rings is 1. The first-order chi connectivity index (χ1) is 8.56. The highest BCUT2D eigenvalue weighted by molar-refractivity contribution is 9.10. The summed E-state index contributed by atoms with van der Waals surface area (Å²) in [5, 5.41) is 2.80. The molecular weight excluding hydrogens is 296 g/mol. The van der Waals surface area contributed by atoms with Gasteiger partial charge in [0.25, 0.3) is 5.91 Å². The number of aryl methyl sites for hydroxylation is 1. The molecule has 0 atom stereocenters. The third-order valence-electron chi connectivity index (χ3n) is 2.49. The fourth-order valence-electron chi connectivity index (χ4n) is 1.48. The quantitative estimate of drug-likeness (QED) is 0.896. The summed E-state index contributed by atoms with van der Waals surface area (Å²) in [4.78, 5) is 25.3. The molecule has 92 valence electrons. The first-order valence-corrected chi connectivity index (χ1v) is 6.12. The monoisotopic (exact) mass is 306 g/mol. The van der Waals surface area contributed by atoms with Crippen LogP contribution in [0.5, 0.6) is 0 Å². The van der Waals surface area contributed by atoms with Gasteiger partial charge in [-0.05, 0) is 30.7 Å². The number of halogens is 1. The minimum absolute atomic E-state index is 0.231. The zero-order valence-corrected chi connectivity index (χ0v) is 11.2. The van der Waals surface area contributed by atoms with Crippen LogP contribution in [0.4, 0.5) is 5.69 Å². The summed E-state index contributed by atoms with van der Waals surface area (Å²) in [6.07, 6.45) is 1.39. The molecule has 2 N–H and O–H groups in total. The van der Waals surface area contributed by atoms with Gasteiger partial charge in [0.1, 0.15) is 0 Å². The molecule has 2 rings (SSSR count). The maximum absolute atomic E-state index is 11.9. The van der Waals surface area contributed by atoms with Crippen molar-refractivity contribution >= 4 is 27.5 Å². The second-order valence-corrected chi connectivity index (χ2v) is 4.77. The Hall–Kier alpha value is -1.88. The summed E-state index contributed by atoms with van der Waals surface area (Å²) in [5.74, 6) is -0.257. The van der Waals surface area contributed by atoms with Crippen LogP contribution in [-0.4, -0.2) is 10.9 Å². The topological polar surface area (TPSA) is 62.0 Å². The maximum Gasteiger partial charge on any atom is 0.257 e. The van der Waals surface area contributed by atoms with Crippen molar-refractivity contribution < 1.29 is 4.79 Å². The number of carbonyl (C=O) groups is 1. The van der Waals surface area contributed by atoms with Gasteiger partial charge in [-0.25, -0.2) is 0 Å². The highest BCUT2D eigenvalue weighted by Gasteiger charge is 2.07. The largest absolute Gasteiger partial charge is 0.328 e. The first-order valence-electron chi connectivity index (χ1n) is 5.32. The molecule has 0 aliphatic carbocycles. The number of hydrogen-bond acceptors (Lipinski definition) is 2. The lowest BCUT2D eigenvalue weighted by molar-refractivity contribution is 0.102. The highest BCUT2D eigenvalue weighted by atomic mass is 79.9. The van der Waals surface area contributed by atoms with E-state index in [1.54, 1.807) is 0 Å². The van der Waals surface area contributed by atoms with Gasteiger partial charge in [-0.15, -0.1) is 0 Å². The van der Waals surface area contributed by atoms with Gasteiger partial charge < -0.3 is 10.3 Å². The summed E-state index contributed by atoms with van der Waals surface area (Å²) >= 11 is 3.35. The number of aromatic nitrogens is 1. The molecule has 1 aromatic heterocycles. The van der Waals surface area contributed by atoms with E-state index in [4.69, 9.17) is 0 Å². The molecule has 4 nitrogen and oxygen atoms in total. The van der Waals surface area contributed by atoms with Crippen molar-refractivity contribution in [1.82, 2.24) is 4.98 Å². The van der Waals surface area contributed by atoms with Gasteiger partial charge >= 0.3 is 0 Å². The van der Waals surface area contributed by atoms with E-state index in [0.717, 1.165) is 15.7 Å². The van der Waals surface area contributed by atoms with E-state index in [1.165, 1.54) is 18.3 Å². The number of nitrogens with one attached hydrogen (secondary N) is 2. The first kappa shape index (κ1) is 12.6. The molecule has 1 aromatic carbocycles. The van der Waals surface area contributed by atoms with E-state index in [2.05, 4.69) is 26.2 Å². The second kappa shape index (κ2) is 5.18. The molecule has 1 heterocycles. The molecule has 0 fully saturated rings. The maximum atomic E-state index is 11.9. The average molecular weight is 307 g/mol. The van der Waals surface area contributed by atoms with Crippen molar-refractivity contribution in [3.63, 3.8) is 0 Å². The van der Waals surface area contributed by atoms with Crippen LogP contribution in [0, 0.1) is 6.92 Å². The van der Waals surface area contributed by atoms with Crippen LogP contribution in [0.3, 0.4) is 0 Å². The zero-order chi connectivity index (χ0) is 13.1. The summed E-state index contributed by atoms with van der Waals surface area (Å²) in [6.45, 7) is 1.91. The van der Waals surface area contributed by atoms with Crippen molar-refractivity contribution in [2.75, 3.05) is 5.32 Å². The number of aromatic amines is 1. The number of benzene rings is 1.